The number of nitrogens with zero attached hydrogens (tertiary/aromatic N) is 3. The molecule has 2 aromatic rings. The minimum absolute atomic E-state index is 0.268. The van der Waals surface area contributed by atoms with Crippen molar-refractivity contribution in [2.75, 3.05) is 5.43 Å². The lowest BCUT2D eigenvalue weighted by atomic mass is 10.1. The lowest BCUT2D eigenvalue weighted by molar-refractivity contribution is -0.115. The number of aromatic nitrogens is 5. The molecule has 0 radical (unpaired) electrons. The SMILES string of the molecule is CC(=O)Nn1c2n(C=O)[nH]c(-c3ccccc3)cc=2[nH]n1-c1ccccc1. The van der Waals surface area contributed by atoms with E-state index >= 15 is 0 Å². The largest absolute Gasteiger partial charge is 0.289 e. The molecular weight excluding hydrogens is 344 g/mol. The molecule has 0 aromatic heterocycles. The van der Waals surface area contributed by atoms with Gasteiger partial charge in [0.05, 0.1) is 11.4 Å². The summed E-state index contributed by atoms with van der Waals surface area (Å²) in [5.41, 5.74) is 5.68. The minimum atomic E-state index is -0.268. The van der Waals surface area contributed by atoms with E-state index in [1.165, 1.54) is 16.4 Å². The maximum Gasteiger partial charge on any atom is 0.237 e. The number of rotatable bonds is 4. The van der Waals surface area contributed by atoms with Crippen LogP contribution in [0, 0.1) is 10.8 Å². The molecule has 4 rings (SSSR count). The minimum Gasteiger partial charge on any atom is -0.289 e. The Labute approximate surface area is 153 Å². The van der Waals surface area contributed by atoms with Gasteiger partial charge >= 0.3 is 0 Å². The Bertz CT molecular complexity index is 1190. The molecule has 2 heterocycles. The van der Waals surface area contributed by atoms with Crippen molar-refractivity contribution in [3.63, 3.8) is 0 Å². The molecule has 0 bridgehead atoms. The van der Waals surface area contributed by atoms with Crippen molar-refractivity contribution in [1.82, 2.24) is 24.5 Å². The lowest BCUT2D eigenvalue weighted by Gasteiger charge is -2.13. The Morgan fingerprint density at radius 1 is 1.00 bits per heavy atom. The molecule has 3 N–H and O–H groups in total. The molecule has 2 aliphatic rings. The summed E-state index contributed by atoms with van der Waals surface area (Å²) in [6.07, 6.45) is 0.663. The van der Waals surface area contributed by atoms with Crippen LogP contribution < -0.4 is 5.43 Å². The zero-order chi connectivity index (χ0) is 18.8. The van der Waals surface area contributed by atoms with Gasteiger partial charge in [-0.3, -0.25) is 19.8 Å². The quantitative estimate of drug-likeness (QED) is 0.486. The average molecular weight is 362 g/mol. The van der Waals surface area contributed by atoms with Crippen molar-refractivity contribution in [1.29, 1.82) is 0 Å². The van der Waals surface area contributed by atoms with E-state index in [4.69, 9.17) is 0 Å². The number of hydrogen-bond donors (Lipinski definition) is 3. The van der Waals surface area contributed by atoms with Crippen LogP contribution in [0.2, 0.25) is 0 Å². The number of H-pyrrole nitrogens is 2. The summed E-state index contributed by atoms with van der Waals surface area (Å²) in [7, 11) is 0. The highest BCUT2D eigenvalue weighted by molar-refractivity contribution is 5.80. The Morgan fingerprint density at radius 2 is 1.67 bits per heavy atom. The fraction of sp³-hybridized carbons (Fsp3) is 0.0526. The zero-order valence-corrected chi connectivity index (χ0v) is 14.6. The number of benzene rings is 2. The molecule has 8 heteroatoms. The summed E-state index contributed by atoms with van der Waals surface area (Å²) >= 11 is 0. The normalized spacial score (nSPS) is 10.7. The third-order valence-corrected chi connectivity index (χ3v) is 4.08. The van der Waals surface area contributed by atoms with Crippen molar-refractivity contribution in [3.05, 3.63) is 77.6 Å². The zero-order valence-electron chi connectivity index (χ0n) is 14.6. The van der Waals surface area contributed by atoms with E-state index in [0.717, 1.165) is 16.9 Å². The van der Waals surface area contributed by atoms with Gasteiger partial charge in [0.25, 0.3) is 0 Å². The van der Waals surface area contributed by atoms with Crippen LogP contribution in [0.3, 0.4) is 0 Å². The topological polar surface area (TPSA) is 92.5 Å². The van der Waals surface area contributed by atoms with Crippen molar-refractivity contribution in [2.24, 2.45) is 0 Å². The molecule has 0 fully saturated rings. The van der Waals surface area contributed by atoms with Gasteiger partial charge in [0.15, 0.2) is 5.48 Å². The predicted molar refractivity (Wildman–Crippen MR) is 101 cm³/mol. The van der Waals surface area contributed by atoms with Crippen molar-refractivity contribution in [3.8, 4) is 16.9 Å². The van der Waals surface area contributed by atoms with Crippen LogP contribution in [-0.4, -0.2) is 36.8 Å². The van der Waals surface area contributed by atoms with E-state index in [1.807, 2.05) is 66.7 Å². The van der Waals surface area contributed by atoms with E-state index in [9.17, 15) is 9.59 Å². The summed E-state index contributed by atoms with van der Waals surface area (Å²) in [6, 6.07) is 21.0. The molecule has 0 atom stereocenters. The van der Waals surface area contributed by atoms with E-state index in [1.54, 1.807) is 4.80 Å². The summed E-state index contributed by atoms with van der Waals surface area (Å²) in [6.45, 7) is 1.41. The summed E-state index contributed by atoms with van der Waals surface area (Å²) in [5.74, 6) is -0.268. The van der Waals surface area contributed by atoms with Crippen LogP contribution >= 0.6 is 0 Å². The molecule has 1 amide bonds. The van der Waals surface area contributed by atoms with Gasteiger partial charge in [-0.1, -0.05) is 48.5 Å². The fourth-order valence-electron chi connectivity index (χ4n) is 2.95. The first kappa shape index (κ1) is 16.5. The molecule has 0 aliphatic carbocycles. The summed E-state index contributed by atoms with van der Waals surface area (Å²) < 4.78 is 1.32. The number of nitrogens with one attached hydrogen (secondary N) is 3. The molecule has 2 aromatic carbocycles. The second-order valence-electron chi connectivity index (χ2n) is 5.99. The second kappa shape index (κ2) is 6.75. The van der Waals surface area contributed by atoms with Gasteiger partial charge in [0.2, 0.25) is 12.3 Å². The molecule has 0 saturated heterocycles. The van der Waals surface area contributed by atoms with Crippen LogP contribution in [0.15, 0.2) is 66.7 Å². The van der Waals surface area contributed by atoms with E-state index in [2.05, 4.69) is 15.6 Å². The van der Waals surface area contributed by atoms with Gasteiger partial charge in [-0.05, 0) is 23.8 Å². The first-order valence-corrected chi connectivity index (χ1v) is 8.39. The summed E-state index contributed by atoms with van der Waals surface area (Å²) in [4.78, 5) is 26.7. The number of para-hydroxylation sites is 1. The maximum atomic E-state index is 11.8. The maximum absolute atomic E-state index is 11.8. The third kappa shape index (κ3) is 3.04. The molecule has 8 nitrogen and oxygen atoms in total. The number of amides is 1. The molecule has 0 spiro atoms. The Balaban J connectivity index is 2.04. The van der Waals surface area contributed by atoms with Crippen LogP contribution in [0.5, 0.6) is 0 Å². The smallest absolute Gasteiger partial charge is 0.237 e. The summed E-state index contributed by atoms with van der Waals surface area (Å²) in [5, 5.41) is 6.98. The Morgan fingerprint density at radius 3 is 2.30 bits per heavy atom. The average Bonchev–Trinajstić information content (AvgIpc) is 3.06. The first-order chi connectivity index (χ1) is 13.2. The van der Waals surface area contributed by atoms with Gasteiger partial charge in [-0.15, -0.1) is 0 Å². The first-order valence-electron chi connectivity index (χ1n) is 8.39. The third-order valence-electron chi connectivity index (χ3n) is 4.08. The van der Waals surface area contributed by atoms with Gasteiger partial charge in [-0.25, -0.2) is 10.1 Å². The van der Waals surface area contributed by atoms with E-state index < -0.39 is 0 Å². The molecule has 0 unspecified atom stereocenters. The lowest BCUT2D eigenvalue weighted by Crippen LogP contribution is -2.29. The Kier molecular flexibility index (Phi) is 4.13. The molecule has 0 saturated carbocycles. The van der Waals surface area contributed by atoms with E-state index in [-0.39, 0.29) is 5.91 Å². The number of carbonyl (C=O) groups is 2. The monoisotopic (exact) mass is 362 g/mol. The van der Waals surface area contributed by atoms with Gasteiger partial charge < -0.3 is 0 Å². The highest BCUT2D eigenvalue weighted by Crippen LogP contribution is 2.17. The van der Waals surface area contributed by atoms with Crippen molar-refractivity contribution < 1.29 is 9.59 Å². The molecule has 136 valence electrons. The van der Waals surface area contributed by atoms with Crippen molar-refractivity contribution in [2.45, 2.75) is 6.92 Å². The van der Waals surface area contributed by atoms with Crippen LogP contribution in [0.25, 0.3) is 16.9 Å². The standard InChI is InChI=1S/C19H18N6O2/c1-14(27)20-25-19-18(22-24(25)16-10-6-3-7-11-16)12-17(21-23(19)13-26)15-8-4-2-5-9-15/h2-13,21-22H,1H3,(H,20,27). The van der Waals surface area contributed by atoms with Crippen LogP contribution in [-0.2, 0) is 9.59 Å². The number of aromatic amines is 2. The highest BCUT2D eigenvalue weighted by atomic mass is 16.2. The highest BCUT2D eigenvalue weighted by Gasteiger charge is 2.12. The second-order valence-corrected chi connectivity index (χ2v) is 5.99. The predicted octanol–water partition coefficient (Wildman–Crippen LogP) is 2.38. The van der Waals surface area contributed by atoms with Crippen LogP contribution in [0.1, 0.15) is 6.92 Å². The number of carbonyl (C=O) groups excluding carboxylic acids is 2. The molecule has 27 heavy (non-hydrogen) atoms. The fourth-order valence-corrected chi connectivity index (χ4v) is 2.95. The van der Waals surface area contributed by atoms with Gasteiger partial charge in [0, 0.05) is 6.92 Å². The van der Waals surface area contributed by atoms with Gasteiger partial charge in [0.1, 0.15) is 5.35 Å². The molecular formula is C19H18N6O2. The Hall–Kier alpha value is -3.94. The molecule has 2 aliphatic heterocycles. The van der Waals surface area contributed by atoms with Crippen molar-refractivity contribution >= 4 is 12.3 Å². The van der Waals surface area contributed by atoms with Crippen LogP contribution in [0.4, 0.5) is 0 Å². The number of hydrogen-bond acceptors (Lipinski definition) is 2. The van der Waals surface area contributed by atoms with Gasteiger partial charge in [-0.2, -0.15) is 9.59 Å². The van der Waals surface area contributed by atoms with E-state index in [0.29, 0.717) is 17.2 Å².